The van der Waals surface area contributed by atoms with Crippen LogP contribution in [0.15, 0.2) is 56.2 Å². The molecule has 0 aliphatic heterocycles. The van der Waals surface area contributed by atoms with Gasteiger partial charge in [0.25, 0.3) is 0 Å². The molecule has 0 saturated heterocycles. The molecule has 0 radical (unpaired) electrons. The van der Waals surface area contributed by atoms with Crippen molar-refractivity contribution < 1.29 is 0 Å². The van der Waals surface area contributed by atoms with Crippen LogP contribution >= 0.6 is 0 Å². The van der Waals surface area contributed by atoms with Crippen molar-refractivity contribution >= 4 is 6.08 Å². The highest BCUT2D eigenvalue weighted by Crippen LogP contribution is 2.08. The van der Waals surface area contributed by atoms with E-state index in [1.54, 1.807) is 0 Å². The van der Waals surface area contributed by atoms with Crippen LogP contribution in [-0.2, 0) is 6.54 Å². The van der Waals surface area contributed by atoms with Crippen molar-refractivity contribution in [1.29, 1.82) is 0 Å². The molecule has 0 aliphatic carbocycles. The first kappa shape index (κ1) is 12.5. The molecular formula is C15H19N. The van der Waals surface area contributed by atoms with Crippen LogP contribution < -0.4 is 0 Å². The third-order valence-corrected chi connectivity index (χ3v) is 2.40. The van der Waals surface area contributed by atoms with Crippen LogP contribution in [0.25, 0.3) is 6.08 Å². The van der Waals surface area contributed by atoms with Gasteiger partial charge in [0.1, 0.15) is 0 Å². The number of benzene rings is 1. The molecule has 0 spiro atoms. The Bertz CT molecular complexity index is 338. The Hall–Kier alpha value is -1.60. The predicted molar refractivity (Wildman–Crippen MR) is 72.2 cm³/mol. The van der Waals surface area contributed by atoms with Gasteiger partial charge in [-0.1, -0.05) is 49.1 Å². The molecule has 84 valence electrons. The van der Waals surface area contributed by atoms with E-state index in [1.165, 1.54) is 5.56 Å². The molecule has 1 nitrogen and oxygen atoms in total. The fourth-order valence-corrected chi connectivity index (χ4v) is 1.59. The molecule has 0 fully saturated rings. The van der Waals surface area contributed by atoms with Gasteiger partial charge in [-0.3, -0.25) is 4.90 Å². The molecule has 0 N–H and O–H groups in total. The Morgan fingerprint density at radius 1 is 0.938 bits per heavy atom. The highest BCUT2D eigenvalue weighted by Gasteiger charge is 2.01. The molecule has 1 heteroatoms. The van der Waals surface area contributed by atoms with Crippen molar-refractivity contribution in [1.82, 2.24) is 4.90 Å². The molecule has 1 rings (SSSR count). The van der Waals surface area contributed by atoms with Gasteiger partial charge in [-0.25, -0.2) is 0 Å². The summed E-state index contributed by atoms with van der Waals surface area (Å²) >= 11 is 0. The number of nitrogens with zero attached hydrogens (tertiary/aromatic N) is 1. The zero-order chi connectivity index (χ0) is 11.8. The summed E-state index contributed by atoms with van der Waals surface area (Å²) in [6.07, 6.45) is 5.69. The minimum absolute atomic E-state index is 0.884. The quantitative estimate of drug-likeness (QED) is 0.627. The average Bonchev–Trinajstić information content (AvgIpc) is 2.31. The second kappa shape index (κ2) is 6.81. The zero-order valence-electron chi connectivity index (χ0n) is 9.73. The van der Waals surface area contributed by atoms with Gasteiger partial charge >= 0.3 is 0 Å². The first-order valence-corrected chi connectivity index (χ1v) is 5.45. The molecule has 0 amide bonds. The van der Waals surface area contributed by atoms with Gasteiger partial charge < -0.3 is 0 Å². The van der Waals surface area contributed by atoms with Gasteiger partial charge in [-0.15, -0.1) is 13.2 Å². The molecule has 0 bridgehead atoms. The normalized spacial score (nSPS) is 10.1. The summed E-state index contributed by atoms with van der Waals surface area (Å²) in [4.78, 5) is 2.28. The molecule has 1 aromatic rings. The fraction of sp³-hybridized carbons (Fsp3) is 0.200. The molecular weight excluding hydrogens is 194 g/mol. The van der Waals surface area contributed by atoms with Gasteiger partial charge in [-0.2, -0.15) is 0 Å². The number of rotatable bonds is 7. The SMILES string of the molecule is C=CCN(CC=C)Cc1ccc(C=C)cc1. The Kier molecular flexibility index (Phi) is 5.30. The summed E-state index contributed by atoms with van der Waals surface area (Å²) in [5.41, 5.74) is 2.46. The Labute approximate surface area is 98.4 Å². The zero-order valence-corrected chi connectivity index (χ0v) is 9.73. The first-order chi connectivity index (χ1) is 7.80. The predicted octanol–water partition coefficient (Wildman–Crippen LogP) is 3.50. The van der Waals surface area contributed by atoms with Gasteiger partial charge in [0.15, 0.2) is 0 Å². The molecule has 16 heavy (non-hydrogen) atoms. The van der Waals surface area contributed by atoms with Gasteiger partial charge in [0, 0.05) is 19.6 Å². The topological polar surface area (TPSA) is 3.24 Å². The lowest BCUT2D eigenvalue weighted by Gasteiger charge is -2.18. The fourth-order valence-electron chi connectivity index (χ4n) is 1.59. The summed E-state index contributed by atoms with van der Waals surface area (Å²) in [5.74, 6) is 0. The second-order valence-corrected chi connectivity index (χ2v) is 3.72. The third-order valence-electron chi connectivity index (χ3n) is 2.40. The average molecular weight is 213 g/mol. The van der Waals surface area contributed by atoms with E-state index < -0.39 is 0 Å². The number of hydrogen-bond donors (Lipinski definition) is 0. The summed E-state index contributed by atoms with van der Waals surface area (Å²) in [5, 5.41) is 0. The highest BCUT2D eigenvalue weighted by molar-refractivity contribution is 5.47. The maximum Gasteiger partial charge on any atom is 0.0240 e. The van der Waals surface area contributed by atoms with E-state index in [1.807, 2.05) is 18.2 Å². The van der Waals surface area contributed by atoms with Crippen LogP contribution in [0.1, 0.15) is 11.1 Å². The minimum Gasteiger partial charge on any atom is -0.292 e. The minimum atomic E-state index is 0.884. The van der Waals surface area contributed by atoms with Gasteiger partial charge in [-0.05, 0) is 11.1 Å². The largest absolute Gasteiger partial charge is 0.292 e. The van der Waals surface area contributed by atoms with E-state index in [0.29, 0.717) is 0 Å². The lowest BCUT2D eigenvalue weighted by atomic mass is 10.1. The maximum absolute atomic E-state index is 3.76. The van der Waals surface area contributed by atoms with E-state index in [9.17, 15) is 0 Å². The molecule has 0 saturated carbocycles. The molecule has 0 aromatic heterocycles. The van der Waals surface area contributed by atoms with Crippen LogP contribution in [0.5, 0.6) is 0 Å². The first-order valence-electron chi connectivity index (χ1n) is 5.45. The summed E-state index contributed by atoms with van der Waals surface area (Å²) in [6.45, 7) is 14.0. The van der Waals surface area contributed by atoms with Crippen LogP contribution in [0, 0.1) is 0 Å². The van der Waals surface area contributed by atoms with Crippen LogP contribution in [0.3, 0.4) is 0 Å². The molecule has 0 unspecified atom stereocenters. The van der Waals surface area contributed by atoms with Crippen LogP contribution in [0.2, 0.25) is 0 Å². The lowest BCUT2D eigenvalue weighted by Crippen LogP contribution is -2.23. The van der Waals surface area contributed by atoms with Crippen molar-refractivity contribution in [2.45, 2.75) is 6.54 Å². The van der Waals surface area contributed by atoms with Gasteiger partial charge in [0.2, 0.25) is 0 Å². The van der Waals surface area contributed by atoms with Crippen molar-refractivity contribution in [3.63, 3.8) is 0 Å². The molecule has 1 aromatic carbocycles. The third kappa shape index (κ3) is 3.87. The monoisotopic (exact) mass is 213 g/mol. The van der Waals surface area contributed by atoms with Crippen LogP contribution in [0.4, 0.5) is 0 Å². The van der Waals surface area contributed by atoms with E-state index in [4.69, 9.17) is 0 Å². The molecule has 0 heterocycles. The van der Waals surface area contributed by atoms with Crippen molar-refractivity contribution in [2.75, 3.05) is 13.1 Å². The van der Waals surface area contributed by atoms with Crippen molar-refractivity contribution in [2.24, 2.45) is 0 Å². The molecule has 0 aliphatic rings. The van der Waals surface area contributed by atoms with Crippen molar-refractivity contribution in [3.05, 3.63) is 67.3 Å². The summed E-state index contributed by atoms with van der Waals surface area (Å²) in [6, 6.07) is 8.44. The lowest BCUT2D eigenvalue weighted by molar-refractivity contribution is 0.328. The smallest absolute Gasteiger partial charge is 0.0240 e. The standard InChI is InChI=1S/C15H19N/c1-4-11-16(12-5-2)13-15-9-7-14(6-3)8-10-15/h4-10H,1-3,11-13H2. The van der Waals surface area contributed by atoms with E-state index in [0.717, 1.165) is 25.2 Å². The molecule has 0 atom stereocenters. The van der Waals surface area contributed by atoms with Crippen molar-refractivity contribution in [3.8, 4) is 0 Å². The summed E-state index contributed by atoms with van der Waals surface area (Å²) < 4.78 is 0. The summed E-state index contributed by atoms with van der Waals surface area (Å²) in [7, 11) is 0. The van der Waals surface area contributed by atoms with E-state index in [-0.39, 0.29) is 0 Å². The Balaban J connectivity index is 2.64. The van der Waals surface area contributed by atoms with Gasteiger partial charge in [0.05, 0.1) is 0 Å². The van der Waals surface area contributed by atoms with E-state index in [2.05, 4.69) is 48.9 Å². The Morgan fingerprint density at radius 2 is 1.50 bits per heavy atom. The number of hydrogen-bond acceptors (Lipinski definition) is 1. The maximum atomic E-state index is 3.76. The second-order valence-electron chi connectivity index (χ2n) is 3.72. The van der Waals surface area contributed by atoms with E-state index >= 15 is 0 Å². The highest BCUT2D eigenvalue weighted by atomic mass is 15.1. The Morgan fingerprint density at radius 3 is 1.94 bits per heavy atom. The van der Waals surface area contributed by atoms with Crippen LogP contribution in [-0.4, -0.2) is 18.0 Å².